The second-order valence-electron chi connectivity index (χ2n) is 4.17. The number of hydrazone groups is 1. The molecule has 0 unspecified atom stereocenters. The van der Waals surface area contributed by atoms with Crippen molar-refractivity contribution in [3.63, 3.8) is 0 Å². The summed E-state index contributed by atoms with van der Waals surface area (Å²) >= 11 is 0. The van der Waals surface area contributed by atoms with E-state index in [-0.39, 0.29) is 11.3 Å². The number of rotatable bonds is 4. The summed E-state index contributed by atoms with van der Waals surface area (Å²) in [5.74, 6) is -1.27. The zero-order valence-electron chi connectivity index (χ0n) is 11.0. The number of nitrogens with zero attached hydrogens (tertiary/aromatic N) is 1. The minimum atomic E-state index is -0.580. The fraction of sp³-hybridized carbons (Fsp3) is 0. The summed E-state index contributed by atoms with van der Waals surface area (Å²) in [4.78, 5) is 23.0. The number of hydrogen-bond donors (Lipinski definition) is 3. The molecule has 0 heterocycles. The van der Waals surface area contributed by atoms with Crippen molar-refractivity contribution in [1.29, 1.82) is 0 Å². The van der Waals surface area contributed by atoms with Crippen molar-refractivity contribution in [2.24, 2.45) is 10.8 Å². The molecule has 0 atom stereocenters. The van der Waals surface area contributed by atoms with Crippen molar-refractivity contribution < 1.29 is 14.7 Å². The molecule has 0 aliphatic heterocycles. The largest absolute Gasteiger partial charge is 0.507 e. The van der Waals surface area contributed by atoms with E-state index in [0.29, 0.717) is 11.1 Å². The highest BCUT2D eigenvalue weighted by Gasteiger charge is 2.09. The lowest BCUT2D eigenvalue weighted by Crippen LogP contribution is -2.18. The Kier molecular flexibility index (Phi) is 4.30. The number of nitrogens with two attached hydrogens (primary N) is 1. The van der Waals surface area contributed by atoms with Crippen LogP contribution in [0.1, 0.15) is 26.3 Å². The molecule has 6 heteroatoms. The van der Waals surface area contributed by atoms with E-state index in [4.69, 9.17) is 5.73 Å². The lowest BCUT2D eigenvalue weighted by molar-refractivity contribution is 0.0951. The average molecular weight is 283 g/mol. The van der Waals surface area contributed by atoms with E-state index in [1.165, 1.54) is 18.3 Å². The Hall–Kier alpha value is -3.15. The third-order valence-corrected chi connectivity index (χ3v) is 2.74. The van der Waals surface area contributed by atoms with E-state index in [0.717, 1.165) is 0 Å². The van der Waals surface area contributed by atoms with Gasteiger partial charge in [0.15, 0.2) is 0 Å². The normalized spacial score (nSPS) is 10.5. The van der Waals surface area contributed by atoms with Gasteiger partial charge in [-0.2, -0.15) is 5.10 Å². The van der Waals surface area contributed by atoms with Crippen molar-refractivity contribution >= 4 is 18.0 Å². The SMILES string of the molecule is NC(=O)c1ccccc1/C=N/NC(=O)c1ccccc1O. The molecule has 4 N–H and O–H groups in total. The number of amides is 2. The highest BCUT2D eigenvalue weighted by molar-refractivity contribution is 6.02. The molecule has 2 amide bonds. The number of para-hydroxylation sites is 1. The Bertz CT molecular complexity index is 711. The zero-order chi connectivity index (χ0) is 15.2. The molecular formula is C15H13N3O3. The third-order valence-electron chi connectivity index (χ3n) is 2.74. The van der Waals surface area contributed by atoms with E-state index < -0.39 is 11.8 Å². The molecule has 0 aliphatic rings. The van der Waals surface area contributed by atoms with Crippen LogP contribution in [0.15, 0.2) is 53.6 Å². The summed E-state index contributed by atoms with van der Waals surface area (Å²) in [6, 6.07) is 12.7. The van der Waals surface area contributed by atoms with Crippen molar-refractivity contribution in [3.8, 4) is 5.75 Å². The van der Waals surface area contributed by atoms with Gasteiger partial charge in [-0.15, -0.1) is 0 Å². The summed E-state index contributed by atoms with van der Waals surface area (Å²) in [6.45, 7) is 0. The maximum atomic E-state index is 11.8. The predicted octanol–water partition coefficient (Wildman–Crippen LogP) is 1.26. The Balaban J connectivity index is 2.12. The highest BCUT2D eigenvalue weighted by Crippen LogP contribution is 2.14. The molecule has 0 saturated heterocycles. The van der Waals surface area contributed by atoms with Crippen LogP contribution in [0.3, 0.4) is 0 Å². The molecule has 106 valence electrons. The number of carbonyl (C=O) groups excluding carboxylic acids is 2. The van der Waals surface area contributed by atoms with Crippen LogP contribution in [0.5, 0.6) is 5.75 Å². The van der Waals surface area contributed by atoms with Gasteiger partial charge in [0.25, 0.3) is 5.91 Å². The van der Waals surface area contributed by atoms with Crippen LogP contribution >= 0.6 is 0 Å². The molecule has 0 aliphatic carbocycles. The summed E-state index contributed by atoms with van der Waals surface area (Å²) in [7, 11) is 0. The van der Waals surface area contributed by atoms with Crippen LogP contribution in [0, 0.1) is 0 Å². The average Bonchev–Trinajstić information content (AvgIpc) is 2.48. The summed E-state index contributed by atoms with van der Waals surface area (Å²) in [5.41, 5.74) is 8.41. The highest BCUT2D eigenvalue weighted by atomic mass is 16.3. The molecular weight excluding hydrogens is 270 g/mol. The molecule has 0 fully saturated rings. The lowest BCUT2D eigenvalue weighted by atomic mass is 10.1. The van der Waals surface area contributed by atoms with Gasteiger partial charge in [-0.25, -0.2) is 5.43 Å². The number of phenols is 1. The van der Waals surface area contributed by atoms with Crippen LogP contribution in [-0.2, 0) is 0 Å². The molecule has 2 aromatic carbocycles. The van der Waals surface area contributed by atoms with Crippen LogP contribution in [0.2, 0.25) is 0 Å². The second-order valence-corrected chi connectivity index (χ2v) is 4.17. The van der Waals surface area contributed by atoms with Gasteiger partial charge in [0, 0.05) is 11.1 Å². The molecule has 0 radical (unpaired) electrons. The Morgan fingerprint density at radius 1 is 1.05 bits per heavy atom. The molecule has 0 bridgehead atoms. The topological polar surface area (TPSA) is 105 Å². The van der Waals surface area contributed by atoms with Gasteiger partial charge in [0.1, 0.15) is 5.75 Å². The van der Waals surface area contributed by atoms with Gasteiger partial charge in [-0.05, 0) is 18.2 Å². The third kappa shape index (κ3) is 3.44. The first kappa shape index (κ1) is 14.3. The standard InChI is InChI=1S/C15H13N3O3/c16-14(20)11-6-2-1-5-10(11)9-17-18-15(21)12-7-3-4-8-13(12)19/h1-9,19H,(H2,16,20)(H,18,21)/b17-9+. The molecule has 2 rings (SSSR count). The van der Waals surface area contributed by atoms with Gasteiger partial charge in [-0.1, -0.05) is 30.3 Å². The van der Waals surface area contributed by atoms with E-state index in [2.05, 4.69) is 10.5 Å². The summed E-state index contributed by atoms with van der Waals surface area (Å²) < 4.78 is 0. The van der Waals surface area contributed by atoms with Crippen molar-refractivity contribution in [2.75, 3.05) is 0 Å². The molecule has 6 nitrogen and oxygen atoms in total. The van der Waals surface area contributed by atoms with Gasteiger partial charge >= 0.3 is 0 Å². The Morgan fingerprint density at radius 2 is 1.67 bits per heavy atom. The minimum Gasteiger partial charge on any atom is -0.507 e. The predicted molar refractivity (Wildman–Crippen MR) is 78.1 cm³/mol. The smallest absolute Gasteiger partial charge is 0.275 e. The first-order valence-electron chi connectivity index (χ1n) is 6.10. The monoisotopic (exact) mass is 283 g/mol. The lowest BCUT2D eigenvalue weighted by Gasteiger charge is -2.03. The van der Waals surface area contributed by atoms with Gasteiger partial charge in [-0.3, -0.25) is 9.59 Å². The molecule has 2 aromatic rings. The second kappa shape index (κ2) is 6.33. The maximum Gasteiger partial charge on any atom is 0.275 e. The van der Waals surface area contributed by atoms with Crippen molar-refractivity contribution in [3.05, 3.63) is 65.2 Å². The molecule has 21 heavy (non-hydrogen) atoms. The zero-order valence-corrected chi connectivity index (χ0v) is 11.0. The van der Waals surface area contributed by atoms with E-state index in [9.17, 15) is 14.7 Å². The summed E-state index contributed by atoms with van der Waals surface area (Å²) in [5, 5.41) is 13.3. The van der Waals surface area contributed by atoms with Gasteiger partial charge in [0.05, 0.1) is 11.8 Å². The van der Waals surface area contributed by atoms with E-state index in [1.54, 1.807) is 36.4 Å². The van der Waals surface area contributed by atoms with Crippen LogP contribution in [-0.4, -0.2) is 23.1 Å². The first-order chi connectivity index (χ1) is 10.1. The minimum absolute atomic E-state index is 0.109. The van der Waals surface area contributed by atoms with Gasteiger partial charge in [0.2, 0.25) is 5.91 Å². The van der Waals surface area contributed by atoms with Crippen molar-refractivity contribution in [1.82, 2.24) is 5.43 Å². The van der Waals surface area contributed by atoms with Crippen LogP contribution in [0.25, 0.3) is 0 Å². The Labute approximate surface area is 120 Å². The fourth-order valence-electron chi connectivity index (χ4n) is 1.72. The van der Waals surface area contributed by atoms with Crippen LogP contribution in [0.4, 0.5) is 0 Å². The maximum absolute atomic E-state index is 11.8. The summed E-state index contributed by atoms with van der Waals surface area (Å²) in [6.07, 6.45) is 1.32. The van der Waals surface area contributed by atoms with E-state index >= 15 is 0 Å². The fourth-order valence-corrected chi connectivity index (χ4v) is 1.72. The number of benzene rings is 2. The first-order valence-corrected chi connectivity index (χ1v) is 6.10. The van der Waals surface area contributed by atoms with Gasteiger partial charge < -0.3 is 10.8 Å². The van der Waals surface area contributed by atoms with Crippen molar-refractivity contribution in [2.45, 2.75) is 0 Å². The quantitative estimate of drug-likeness (QED) is 0.581. The number of nitrogens with one attached hydrogen (secondary N) is 1. The number of primary amides is 1. The molecule has 0 saturated carbocycles. The van der Waals surface area contributed by atoms with Crippen LogP contribution < -0.4 is 11.2 Å². The van der Waals surface area contributed by atoms with E-state index in [1.807, 2.05) is 0 Å². The molecule has 0 spiro atoms. The number of hydrogen-bond acceptors (Lipinski definition) is 4. The number of aromatic hydroxyl groups is 1. The molecule has 0 aromatic heterocycles. The Morgan fingerprint density at radius 3 is 2.33 bits per heavy atom. The number of phenolic OH excluding ortho intramolecular Hbond substituents is 1. The number of carbonyl (C=O) groups is 2.